The van der Waals surface area contributed by atoms with Crippen molar-refractivity contribution in [2.24, 2.45) is 5.92 Å². The van der Waals surface area contributed by atoms with E-state index in [9.17, 15) is 5.11 Å². The third kappa shape index (κ3) is 5.22. The van der Waals surface area contributed by atoms with Gasteiger partial charge in [0.05, 0.1) is 6.10 Å². The standard InChI is InChI=1S/C9H21NO/c1-5-8(4)10-6-9(11)7(2)3/h7-11H,5-6H2,1-4H3. The fourth-order valence-corrected chi connectivity index (χ4v) is 0.702. The highest BCUT2D eigenvalue weighted by atomic mass is 16.3. The molecule has 2 nitrogen and oxygen atoms in total. The lowest BCUT2D eigenvalue weighted by Crippen LogP contribution is -2.35. The van der Waals surface area contributed by atoms with Crippen molar-refractivity contribution in [3.05, 3.63) is 0 Å². The summed E-state index contributed by atoms with van der Waals surface area (Å²) in [6.45, 7) is 9.05. The van der Waals surface area contributed by atoms with Crippen LogP contribution in [0.4, 0.5) is 0 Å². The highest BCUT2D eigenvalue weighted by Crippen LogP contribution is 1.99. The molecule has 2 unspecified atom stereocenters. The van der Waals surface area contributed by atoms with Gasteiger partial charge >= 0.3 is 0 Å². The van der Waals surface area contributed by atoms with Crippen molar-refractivity contribution in [3.8, 4) is 0 Å². The van der Waals surface area contributed by atoms with E-state index in [0.717, 1.165) is 6.42 Å². The second kappa shape index (κ2) is 5.56. The Balaban J connectivity index is 3.37. The van der Waals surface area contributed by atoms with Gasteiger partial charge in [-0.3, -0.25) is 0 Å². The average Bonchev–Trinajstić information content (AvgIpc) is 1.99. The molecule has 11 heavy (non-hydrogen) atoms. The summed E-state index contributed by atoms with van der Waals surface area (Å²) in [5.74, 6) is 0.353. The van der Waals surface area contributed by atoms with E-state index in [1.165, 1.54) is 0 Å². The van der Waals surface area contributed by atoms with Crippen LogP contribution < -0.4 is 5.32 Å². The van der Waals surface area contributed by atoms with Crippen LogP contribution in [0.5, 0.6) is 0 Å². The molecule has 0 aliphatic carbocycles. The molecule has 0 fully saturated rings. The normalized spacial score (nSPS) is 16.9. The number of hydrogen-bond acceptors (Lipinski definition) is 2. The molecule has 2 atom stereocenters. The first-order valence-electron chi connectivity index (χ1n) is 4.49. The third-order valence-electron chi connectivity index (χ3n) is 2.06. The van der Waals surface area contributed by atoms with Crippen molar-refractivity contribution in [1.29, 1.82) is 0 Å². The minimum Gasteiger partial charge on any atom is -0.392 e. The molecule has 0 bridgehead atoms. The highest BCUT2D eigenvalue weighted by molar-refractivity contribution is 4.66. The summed E-state index contributed by atoms with van der Waals surface area (Å²) in [5.41, 5.74) is 0. The third-order valence-corrected chi connectivity index (χ3v) is 2.06. The first-order chi connectivity index (χ1) is 5.07. The molecular weight excluding hydrogens is 138 g/mol. The fraction of sp³-hybridized carbons (Fsp3) is 1.00. The van der Waals surface area contributed by atoms with Crippen LogP contribution in [0.3, 0.4) is 0 Å². The number of rotatable bonds is 5. The van der Waals surface area contributed by atoms with Gasteiger partial charge < -0.3 is 10.4 Å². The summed E-state index contributed by atoms with van der Waals surface area (Å²) in [4.78, 5) is 0. The summed E-state index contributed by atoms with van der Waals surface area (Å²) in [6, 6.07) is 0.517. The van der Waals surface area contributed by atoms with Crippen LogP contribution in [-0.2, 0) is 0 Å². The monoisotopic (exact) mass is 159 g/mol. The first-order valence-corrected chi connectivity index (χ1v) is 4.49. The lowest BCUT2D eigenvalue weighted by Gasteiger charge is -2.18. The van der Waals surface area contributed by atoms with Crippen molar-refractivity contribution >= 4 is 0 Å². The Bertz CT molecular complexity index is 93.6. The van der Waals surface area contributed by atoms with Gasteiger partial charge in [0.25, 0.3) is 0 Å². The van der Waals surface area contributed by atoms with Crippen LogP contribution in [0.2, 0.25) is 0 Å². The predicted octanol–water partition coefficient (Wildman–Crippen LogP) is 1.39. The molecule has 0 rings (SSSR count). The topological polar surface area (TPSA) is 32.3 Å². The van der Waals surface area contributed by atoms with E-state index in [0.29, 0.717) is 18.5 Å². The summed E-state index contributed by atoms with van der Waals surface area (Å²) >= 11 is 0. The van der Waals surface area contributed by atoms with Gasteiger partial charge in [0.15, 0.2) is 0 Å². The molecule has 2 heteroatoms. The smallest absolute Gasteiger partial charge is 0.0687 e. The van der Waals surface area contributed by atoms with Crippen molar-refractivity contribution in [3.63, 3.8) is 0 Å². The van der Waals surface area contributed by atoms with E-state index in [4.69, 9.17) is 0 Å². The van der Waals surface area contributed by atoms with Crippen molar-refractivity contribution < 1.29 is 5.11 Å². The van der Waals surface area contributed by atoms with Gasteiger partial charge in [-0.1, -0.05) is 20.8 Å². The van der Waals surface area contributed by atoms with Gasteiger partial charge in [-0.25, -0.2) is 0 Å². The van der Waals surface area contributed by atoms with E-state index in [1.54, 1.807) is 0 Å². The Hall–Kier alpha value is -0.0800. The Kier molecular flexibility index (Phi) is 5.51. The van der Waals surface area contributed by atoms with Gasteiger partial charge in [0.2, 0.25) is 0 Å². The van der Waals surface area contributed by atoms with Crippen molar-refractivity contribution in [1.82, 2.24) is 5.32 Å². The number of aliphatic hydroxyl groups excluding tert-OH is 1. The Morgan fingerprint density at radius 3 is 2.18 bits per heavy atom. The molecule has 0 amide bonds. The molecule has 0 aliphatic rings. The van der Waals surface area contributed by atoms with E-state index in [-0.39, 0.29) is 6.10 Å². The zero-order chi connectivity index (χ0) is 8.85. The molecule has 0 saturated carbocycles. The summed E-state index contributed by atoms with van der Waals surface area (Å²) in [7, 11) is 0. The molecule has 68 valence electrons. The van der Waals surface area contributed by atoms with E-state index in [2.05, 4.69) is 19.2 Å². The minimum atomic E-state index is -0.205. The van der Waals surface area contributed by atoms with Gasteiger partial charge in [-0.15, -0.1) is 0 Å². The maximum Gasteiger partial charge on any atom is 0.0687 e. The van der Waals surface area contributed by atoms with Gasteiger partial charge in [0, 0.05) is 12.6 Å². The molecule has 0 aromatic carbocycles. The fourth-order valence-electron chi connectivity index (χ4n) is 0.702. The summed E-state index contributed by atoms with van der Waals surface area (Å²) in [5, 5.41) is 12.7. The lowest BCUT2D eigenvalue weighted by molar-refractivity contribution is 0.120. The molecule has 0 heterocycles. The Morgan fingerprint density at radius 1 is 1.27 bits per heavy atom. The average molecular weight is 159 g/mol. The van der Waals surface area contributed by atoms with E-state index < -0.39 is 0 Å². The molecule has 0 aromatic heterocycles. The van der Waals surface area contributed by atoms with Crippen LogP contribution in [0, 0.1) is 5.92 Å². The largest absolute Gasteiger partial charge is 0.392 e. The second-order valence-corrected chi connectivity index (χ2v) is 3.53. The van der Waals surface area contributed by atoms with E-state index in [1.807, 2.05) is 13.8 Å². The maximum absolute atomic E-state index is 9.41. The minimum absolute atomic E-state index is 0.205. The van der Waals surface area contributed by atoms with E-state index >= 15 is 0 Å². The summed E-state index contributed by atoms with van der Waals surface area (Å²) in [6.07, 6.45) is 0.911. The number of hydrogen-bond donors (Lipinski definition) is 2. The Morgan fingerprint density at radius 2 is 1.82 bits per heavy atom. The van der Waals surface area contributed by atoms with Crippen LogP contribution in [-0.4, -0.2) is 23.8 Å². The molecule has 0 spiro atoms. The molecule has 0 saturated heterocycles. The summed E-state index contributed by atoms with van der Waals surface area (Å²) < 4.78 is 0. The van der Waals surface area contributed by atoms with Crippen LogP contribution >= 0.6 is 0 Å². The molecule has 0 aromatic rings. The Labute approximate surface area is 70.0 Å². The van der Waals surface area contributed by atoms with Gasteiger partial charge in [-0.2, -0.15) is 0 Å². The lowest BCUT2D eigenvalue weighted by atomic mass is 10.1. The first kappa shape index (κ1) is 10.9. The molecular formula is C9H21NO. The molecule has 0 aliphatic heterocycles. The van der Waals surface area contributed by atoms with Gasteiger partial charge in [-0.05, 0) is 19.3 Å². The van der Waals surface area contributed by atoms with Crippen molar-refractivity contribution in [2.75, 3.05) is 6.54 Å². The zero-order valence-corrected chi connectivity index (χ0v) is 8.09. The van der Waals surface area contributed by atoms with Gasteiger partial charge in [0.1, 0.15) is 0 Å². The SMILES string of the molecule is CCC(C)NCC(O)C(C)C. The highest BCUT2D eigenvalue weighted by Gasteiger charge is 2.09. The van der Waals surface area contributed by atoms with Crippen LogP contribution in [0.15, 0.2) is 0 Å². The molecule has 2 N–H and O–H groups in total. The zero-order valence-electron chi connectivity index (χ0n) is 8.09. The van der Waals surface area contributed by atoms with Crippen LogP contribution in [0.1, 0.15) is 34.1 Å². The maximum atomic E-state index is 9.41. The number of aliphatic hydroxyl groups is 1. The predicted molar refractivity (Wildman–Crippen MR) is 48.6 cm³/mol. The second-order valence-electron chi connectivity index (χ2n) is 3.53. The quantitative estimate of drug-likeness (QED) is 0.635. The number of nitrogens with one attached hydrogen (secondary N) is 1. The van der Waals surface area contributed by atoms with Crippen LogP contribution in [0.25, 0.3) is 0 Å². The van der Waals surface area contributed by atoms with Crippen molar-refractivity contribution in [2.45, 2.75) is 46.3 Å². The molecule has 0 radical (unpaired) electrons.